The molecule has 65 valence electrons. The van der Waals surface area contributed by atoms with E-state index in [1.165, 1.54) is 42.0 Å². The summed E-state index contributed by atoms with van der Waals surface area (Å²) in [6.07, 6.45) is 7.58. The van der Waals surface area contributed by atoms with Crippen molar-refractivity contribution in [2.75, 3.05) is 0 Å². The van der Waals surface area contributed by atoms with E-state index in [-0.39, 0.29) is 0 Å². The maximum atomic E-state index is 3.55. The van der Waals surface area contributed by atoms with E-state index in [9.17, 15) is 0 Å². The molecule has 0 aromatic heterocycles. The molecule has 1 heteroatoms. The van der Waals surface area contributed by atoms with Crippen LogP contribution in [0.1, 0.15) is 31.2 Å². The van der Waals surface area contributed by atoms with Crippen molar-refractivity contribution in [3.05, 3.63) is 35.9 Å². The van der Waals surface area contributed by atoms with Crippen LogP contribution < -0.4 is 5.19 Å². The van der Waals surface area contributed by atoms with Gasteiger partial charge < -0.3 is 0 Å². The molecule has 0 spiro atoms. The predicted octanol–water partition coefficient (Wildman–Crippen LogP) is 2.44. The van der Waals surface area contributed by atoms with Crippen LogP contribution in [-0.2, 0) is 0 Å². The van der Waals surface area contributed by atoms with Gasteiger partial charge in [0.15, 0.2) is 0 Å². The van der Waals surface area contributed by atoms with Crippen molar-refractivity contribution in [2.24, 2.45) is 0 Å². The Bertz CT molecular complexity index is 326. The van der Waals surface area contributed by atoms with Crippen molar-refractivity contribution in [3.63, 3.8) is 0 Å². The highest BCUT2D eigenvalue weighted by Gasteiger charge is 2.05. The van der Waals surface area contributed by atoms with Crippen LogP contribution >= 0.6 is 0 Å². The highest BCUT2D eigenvalue weighted by atomic mass is 28.1. The summed E-state index contributed by atoms with van der Waals surface area (Å²) >= 11 is 0. The van der Waals surface area contributed by atoms with Crippen molar-refractivity contribution >= 4 is 21.0 Å². The summed E-state index contributed by atoms with van der Waals surface area (Å²) in [5.41, 5.74) is 2.90. The fourth-order valence-electron chi connectivity index (χ4n) is 1.82. The Morgan fingerprint density at radius 1 is 1.15 bits per heavy atom. The van der Waals surface area contributed by atoms with Gasteiger partial charge in [0.25, 0.3) is 0 Å². The Morgan fingerprint density at radius 3 is 2.77 bits per heavy atom. The fraction of sp³-hybridized carbons (Fsp3) is 0.333. The van der Waals surface area contributed by atoms with Gasteiger partial charge in [0.2, 0.25) is 0 Å². The normalized spacial score (nSPS) is 16.8. The van der Waals surface area contributed by atoms with Gasteiger partial charge in [0.05, 0.1) is 10.2 Å². The lowest BCUT2D eigenvalue weighted by Gasteiger charge is -2.13. The molecule has 0 heterocycles. The number of benzene rings is 1. The van der Waals surface area contributed by atoms with Gasteiger partial charge in [-0.25, -0.2) is 0 Å². The summed E-state index contributed by atoms with van der Waals surface area (Å²) in [6, 6.07) is 8.58. The van der Waals surface area contributed by atoms with E-state index < -0.39 is 0 Å². The molecule has 1 aromatic rings. The van der Waals surface area contributed by atoms with Crippen molar-refractivity contribution < 1.29 is 0 Å². The Hall–Kier alpha value is -0.823. The van der Waals surface area contributed by atoms with Crippen LogP contribution in [-0.4, -0.2) is 10.2 Å². The Labute approximate surface area is 83.1 Å². The molecule has 13 heavy (non-hydrogen) atoms. The third-order valence-electron chi connectivity index (χ3n) is 2.52. The molecule has 2 rings (SSSR count). The summed E-state index contributed by atoms with van der Waals surface area (Å²) in [4.78, 5) is 0. The van der Waals surface area contributed by atoms with E-state index in [2.05, 4.69) is 40.6 Å². The zero-order valence-corrected chi connectivity index (χ0v) is 8.72. The molecule has 0 unspecified atom stereocenters. The van der Waals surface area contributed by atoms with Gasteiger partial charge in [0.1, 0.15) is 0 Å². The highest BCUT2D eigenvalue weighted by Crippen LogP contribution is 2.25. The first-order valence-electron chi connectivity index (χ1n) is 4.87. The minimum absolute atomic E-state index is 1.17. The Kier molecular flexibility index (Phi) is 2.64. The number of hydrogen-bond acceptors (Lipinski definition) is 0. The summed E-state index contributed by atoms with van der Waals surface area (Å²) in [5, 5.41) is 1.17. The maximum absolute atomic E-state index is 3.55. The van der Waals surface area contributed by atoms with Crippen LogP contribution in [0.15, 0.2) is 30.3 Å². The molecule has 0 amide bonds. The zero-order valence-electron chi connectivity index (χ0n) is 7.72. The average Bonchev–Trinajstić information content (AvgIpc) is 2.19. The molecule has 3 radical (unpaired) electrons. The quantitative estimate of drug-likeness (QED) is 0.590. The summed E-state index contributed by atoms with van der Waals surface area (Å²) in [5.74, 6) is 0. The minimum atomic E-state index is 1.17. The summed E-state index contributed by atoms with van der Waals surface area (Å²) in [7, 11) is 3.55. The molecule has 0 saturated carbocycles. The van der Waals surface area contributed by atoms with Crippen LogP contribution in [0.3, 0.4) is 0 Å². The molecule has 0 saturated heterocycles. The third kappa shape index (κ3) is 2.10. The maximum Gasteiger partial charge on any atom is 0.0712 e. The molecule has 0 fully saturated rings. The van der Waals surface area contributed by atoms with E-state index in [1.807, 2.05) is 0 Å². The molecule has 0 N–H and O–H groups in total. The second-order valence-electron chi connectivity index (χ2n) is 3.56. The molecule has 1 aliphatic rings. The van der Waals surface area contributed by atoms with Crippen LogP contribution in [0.5, 0.6) is 0 Å². The lowest BCUT2D eigenvalue weighted by Crippen LogP contribution is -2.02. The molecule has 1 aromatic carbocycles. The van der Waals surface area contributed by atoms with Crippen LogP contribution in [0.2, 0.25) is 0 Å². The Morgan fingerprint density at radius 2 is 2.08 bits per heavy atom. The molecule has 0 nitrogen and oxygen atoms in total. The highest BCUT2D eigenvalue weighted by molar-refractivity contribution is 6.32. The first-order chi connectivity index (χ1) is 6.36. The SMILES string of the molecule is [Si]c1cccc(C2=CCCCC2)c1. The van der Waals surface area contributed by atoms with Gasteiger partial charge in [0, 0.05) is 0 Å². The summed E-state index contributed by atoms with van der Waals surface area (Å²) < 4.78 is 0. The molecule has 0 bridgehead atoms. The van der Waals surface area contributed by atoms with E-state index in [0.29, 0.717) is 0 Å². The second kappa shape index (κ2) is 3.92. The number of allylic oxidation sites excluding steroid dienone is 2. The first kappa shape index (κ1) is 8.76. The standard InChI is InChI=1S/C12H13Si/c13-12-8-4-7-11(9-12)10-5-2-1-3-6-10/h4-5,7-9H,1-3,6H2. The lowest BCUT2D eigenvalue weighted by molar-refractivity contribution is 0.742. The summed E-state index contributed by atoms with van der Waals surface area (Å²) in [6.45, 7) is 0. The molecule has 0 aliphatic heterocycles. The topological polar surface area (TPSA) is 0 Å². The predicted molar refractivity (Wildman–Crippen MR) is 58.3 cm³/mol. The average molecular weight is 185 g/mol. The lowest BCUT2D eigenvalue weighted by atomic mass is 9.94. The minimum Gasteiger partial charge on any atom is -0.0807 e. The number of rotatable bonds is 1. The Balaban J connectivity index is 2.29. The van der Waals surface area contributed by atoms with E-state index in [0.717, 1.165) is 0 Å². The van der Waals surface area contributed by atoms with Gasteiger partial charge in [-0.2, -0.15) is 0 Å². The van der Waals surface area contributed by atoms with Gasteiger partial charge >= 0.3 is 0 Å². The van der Waals surface area contributed by atoms with Crippen LogP contribution in [0.25, 0.3) is 5.57 Å². The van der Waals surface area contributed by atoms with Gasteiger partial charge in [-0.1, -0.05) is 35.5 Å². The van der Waals surface area contributed by atoms with Crippen molar-refractivity contribution in [3.8, 4) is 0 Å². The van der Waals surface area contributed by atoms with Crippen LogP contribution in [0.4, 0.5) is 0 Å². The number of hydrogen-bond donors (Lipinski definition) is 0. The smallest absolute Gasteiger partial charge is 0.0712 e. The van der Waals surface area contributed by atoms with Crippen molar-refractivity contribution in [1.82, 2.24) is 0 Å². The fourth-order valence-corrected chi connectivity index (χ4v) is 2.07. The van der Waals surface area contributed by atoms with Gasteiger partial charge in [-0.3, -0.25) is 0 Å². The molecular formula is C12H13Si. The monoisotopic (exact) mass is 185 g/mol. The molecular weight excluding hydrogens is 172 g/mol. The third-order valence-corrected chi connectivity index (χ3v) is 2.84. The van der Waals surface area contributed by atoms with E-state index in [1.54, 1.807) is 0 Å². The largest absolute Gasteiger partial charge is 0.0807 e. The van der Waals surface area contributed by atoms with Crippen molar-refractivity contribution in [2.45, 2.75) is 25.7 Å². The van der Waals surface area contributed by atoms with Crippen molar-refractivity contribution in [1.29, 1.82) is 0 Å². The van der Waals surface area contributed by atoms with Crippen LogP contribution in [0, 0.1) is 0 Å². The molecule has 0 atom stereocenters. The van der Waals surface area contributed by atoms with E-state index >= 15 is 0 Å². The second-order valence-corrected chi connectivity index (χ2v) is 4.13. The molecule has 1 aliphatic carbocycles. The van der Waals surface area contributed by atoms with Gasteiger partial charge in [-0.05, 0) is 36.8 Å². The zero-order chi connectivity index (χ0) is 9.10. The van der Waals surface area contributed by atoms with E-state index in [4.69, 9.17) is 0 Å². The van der Waals surface area contributed by atoms with Gasteiger partial charge in [-0.15, -0.1) is 0 Å². The first-order valence-corrected chi connectivity index (χ1v) is 5.37.